The second kappa shape index (κ2) is 8.37. The van der Waals surface area contributed by atoms with Crippen LogP contribution in [0.5, 0.6) is 0 Å². The fraction of sp³-hybridized carbons (Fsp3) is 0.909. The first-order valence-electron chi connectivity index (χ1n) is 10.8. The van der Waals surface area contributed by atoms with Crippen LogP contribution in [0.3, 0.4) is 0 Å². The lowest BCUT2D eigenvalue weighted by molar-refractivity contribution is -0.299. The zero-order chi connectivity index (χ0) is 23.1. The van der Waals surface area contributed by atoms with Crippen molar-refractivity contribution < 1.29 is 29.5 Å². The minimum absolute atomic E-state index is 0.0680. The molecule has 2 aliphatic rings. The van der Waals surface area contributed by atoms with Gasteiger partial charge in [-0.1, -0.05) is 13.8 Å². The molecule has 0 spiro atoms. The van der Waals surface area contributed by atoms with Crippen LogP contribution in [0.4, 0.5) is 0 Å². The fourth-order valence-electron chi connectivity index (χ4n) is 4.64. The number of hydroxylamine groups is 4. The molecule has 0 aromatic carbocycles. The van der Waals surface area contributed by atoms with Gasteiger partial charge in [-0.2, -0.15) is 0 Å². The molecule has 172 valence electrons. The minimum atomic E-state index is -0.625. The molecule has 2 heterocycles. The Morgan fingerprint density at radius 2 is 1.23 bits per heavy atom. The number of nitrogens with zero attached hydrogens (tertiary/aromatic N) is 2. The molecule has 0 aliphatic carbocycles. The van der Waals surface area contributed by atoms with Crippen LogP contribution in [-0.2, 0) is 29.5 Å². The van der Waals surface area contributed by atoms with Crippen LogP contribution in [0.15, 0.2) is 0 Å². The topological polar surface area (TPSA) is 98.9 Å². The quantitative estimate of drug-likeness (QED) is 0.625. The second-order valence-electron chi connectivity index (χ2n) is 11.5. The molecule has 30 heavy (non-hydrogen) atoms. The average Bonchev–Trinajstić information content (AvgIpc) is 2.55. The van der Waals surface area contributed by atoms with Gasteiger partial charge in [-0.3, -0.25) is 9.59 Å². The van der Waals surface area contributed by atoms with Crippen LogP contribution in [0.1, 0.15) is 87.5 Å². The molecule has 0 aromatic rings. The van der Waals surface area contributed by atoms with Crippen molar-refractivity contribution in [2.45, 2.75) is 116 Å². The van der Waals surface area contributed by atoms with Gasteiger partial charge in [0.25, 0.3) is 0 Å². The van der Waals surface area contributed by atoms with Gasteiger partial charge >= 0.3 is 11.9 Å². The molecule has 2 aliphatic heterocycles. The molecule has 0 N–H and O–H groups in total. The van der Waals surface area contributed by atoms with E-state index >= 15 is 0 Å². The Labute approximate surface area is 180 Å². The first kappa shape index (κ1) is 25.0. The first-order valence-corrected chi connectivity index (χ1v) is 10.8. The zero-order valence-electron chi connectivity index (χ0n) is 19.7. The minimum Gasteiger partial charge on any atom is -0.462 e. The summed E-state index contributed by atoms with van der Waals surface area (Å²) in [6.07, 6.45) is 0.466. The highest BCUT2D eigenvalue weighted by Gasteiger charge is 2.48. The van der Waals surface area contributed by atoms with E-state index in [4.69, 9.17) is 9.47 Å². The molecule has 0 saturated carbocycles. The molecule has 2 fully saturated rings. The van der Waals surface area contributed by atoms with Gasteiger partial charge in [-0.15, -0.1) is 20.5 Å². The highest BCUT2D eigenvalue weighted by molar-refractivity contribution is 5.77. The van der Waals surface area contributed by atoms with Crippen molar-refractivity contribution in [3.05, 3.63) is 0 Å². The van der Waals surface area contributed by atoms with Crippen LogP contribution >= 0.6 is 0 Å². The molecule has 2 saturated heterocycles. The maximum atomic E-state index is 12.4. The van der Waals surface area contributed by atoms with Crippen molar-refractivity contribution in [2.75, 3.05) is 6.54 Å². The second-order valence-corrected chi connectivity index (χ2v) is 11.5. The highest BCUT2D eigenvalue weighted by atomic mass is 16.6. The van der Waals surface area contributed by atoms with Crippen molar-refractivity contribution >= 4 is 11.9 Å². The Morgan fingerprint density at radius 1 is 0.767 bits per heavy atom. The zero-order valence-corrected chi connectivity index (χ0v) is 19.7. The number of hydrogen-bond donors (Lipinski definition) is 0. The summed E-state index contributed by atoms with van der Waals surface area (Å²) in [7, 11) is 0. The van der Waals surface area contributed by atoms with Gasteiger partial charge in [-0.05, 0) is 41.5 Å². The van der Waals surface area contributed by atoms with Crippen molar-refractivity contribution in [3.8, 4) is 0 Å². The summed E-state index contributed by atoms with van der Waals surface area (Å²) in [5.41, 5.74) is -2.31. The summed E-state index contributed by atoms with van der Waals surface area (Å²) < 4.78 is 11.2. The third kappa shape index (κ3) is 5.72. The molecule has 1 atom stereocenters. The van der Waals surface area contributed by atoms with Crippen LogP contribution in [0, 0.1) is 5.41 Å². The Bertz CT molecular complexity index is 640. The van der Waals surface area contributed by atoms with E-state index in [1.165, 1.54) is 0 Å². The summed E-state index contributed by atoms with van der Waals surface area (Å²) in [5, 5.41) is 26.7. The molecular weight excluding hydrogens is 388 g/mol. The van der Waals surface area contributed by atoms with Crippen molar-refractivity contribution in [1.29, 1.82) is 0 Å². The predicted molar refractivity (Wildman–Crippen MR) is 109 cm³/mol. The van der Waals surface area contributed by atoms with E-state index in [-0.39, 0.29) is 31.6 Å². The third-order valence-electron chi connectivity index (χ3n) is 6.44. The van der Waals surface area contributed by atoms with E-state index in [9.17, 15) is 20.0 Å². The van der Waals surface area contributed by atoms with Gasteiger partial charge < -0.3 is 9.47 Å². The van der Waals surface area contributed by atoms with E-state index in [0.717, 1.165) is 10.1 Å². The molecule has 1 unspecified atom stereocenters. The molecule has 2 rings (SSSR count). The van der Waals surface area contributed by atoms with E-state index in [0.29, 0.717) is 19.3 Å². The van der Waals surface area contributed by atoms with Crippen LogP contribution < -0.4 is 0 Å². The van der Waals surface area contributed by atoms with Crippen molar-refractivity contribution in [2.24, 2.45) is 5.41 Å². The molecule has 0 aromatic heterocycles. The number of ether oxygens (including phenoxy) is 2. The molecule has 0 bridgehead atoms. The normalized spacial score (nSPS) is 28.7. The van der Waals surface area contributed by atoms with Gasteiger partial charge in [0.1, 0.15) is 12.2 Å². The summed E-state index contributed by atoms with van der Waals surface area (Å²) in [6.45, 7) is 15.1. The van der Waals surface area contributed by atoms with Gasteiger partial charge in [0.05, 0.1) is 12.8 Å². The third-order valence-corrected chi connectivity index (χ3v) is 6.44. The first-order chi connectivity index (χ1) is 13.5. The summed E-state index contributed by atoms with van der Waals surface area (Å²) >= 11 is 0. The fourth-order valence-corrected chi connectivity index (χ4v) is 4.64. The van der Waals surface area contributed by atoms with Crippen LogP contribution in [-0.4, -0.2) is 57.4 Å². The van der Waals surface area contributed by atoms with E-state index in [1.54, 1.807) is 0 Å². The van der Waals surface area contributed by atoms with Crippen molar-refractivity contribution in [3.63, 3.8) is 0 Å². The Hall–Kier alpha value is -1.22. The lowest BCUT2D eigenvalue weighted by atomic mass is 9.75. The number of hydrogen-bond acceptors (Lipinski definition) is 6. The van der Waals surface area contributed by atoms with Gasteiger partial charge in [-0.25, -0.2) is 0 Å². The SMILES string of the molecule is CC1(C)CN([O])C(C)(C)CC1OC(=O)CCC(=O)OC1CC(C)(C)N([O])C(C)(C)C1. The van der Waals surface area contributed by atoms with E-state index < -0.39 is 34.0 Å². The Kier molecular flexibility index (Phi) is 6.99. The maximum absolute atomic E-state index is 12.4. The summed E-state index contributed by atoms with van der Waals surface area (Å²) in [5.74, 6) is -0.924. The standard InChI is InChI=1S/C22H38N2O6/c1-19(2)14-23(27)20(3,4)13-16(19)30-18(26)10-9-17(25)29-15-11-21(5,6)24(28)22(7,8)12-15/h15-16H,9-14H2,1-8H3. The van der Waals surface area contributed by atoms with Crippen molar-refractivity contribution in [1.82, 2.24) is 10.1 Å². The predicted octanol–water partition coefficient (Wildman–Crippen LogP) is 3.44. The Morgan fingerprint density at radius 3 is 1.73 bits per heavy atom. The highest BCUT2D eigenvalue weighted by Crippen LogP contribution is 2.40. The molecule has 2 radical (unpaired) electrons. The Balaban J connectivity index is 1.85. The van der Waals surface area contributed by atoms with Gasteiger partial charge in [0, 0.05) is 47.8 Å². The van der Waals surface area contributed by atoms with Crippen LogP contribution in [0.25, 0.3) is 0 Å². The largest absolute Gasteiger partial charge is 0.462 e. The lowest BCUT2D eigenvalue weighted by Gasteiger charge is -2.49. The molecular formula is C22H38N2O6. The van der Waals surface area contributed by atoms with Crippen LogP contribution in [0.2, 0.25) is 0 Å². The summed E-state index contributed by atoms with van der Waals surface area (Å²) in [6, 6.07) is 0. The molecule has 8 heteroatoms. The van der Waals surface area contributed by atoms with Gasteiger partial charge in [0.15, 0.2) is 0 Å². The lowest BCUT2D eigenvalue weighted by Crippen LogP contribution is -2.60. The molecule has 8 nitrogen and oxygen atoms in total. The van der Waals surface area contributed by atoms with Gasteiger partial charge in [0.2, 0.25) is 0 Å². The maximum Gasteiger partial charge on any atom is 0.306 e. The molecule has 0 amide bonds. The summed E-state index contributed by atoms with van der Waals surface area (Å²) in [4.78, 5) is 24.7. The number of carbonyl (C=O) groups excluding carboxylic acids is 2. The monoisotopic (exact) mass is 426 g/mol. The number of piperidine rings is 2. The number of rotatable bonds is 5. The smallest absolute Gasteiger partial charge is 0.306 e. The van der Waals surface area contributed by atoms with E-state index in [2.05, 4.69) is 0 Å². The van der Waals surface area contributed by atoms with E-state index in [1.807, 2.05) is 55.4 Å². The number of carbonyl (C=O) groups is 2. The number of esters is 2. The average molecular weight is 427 g/mol.